The summed E-state index contributed by atoms with van der Waals surface area (Å²) in [5.74, 6) is 1.88. The van der Waals surface area contributed by atoms with Crippen LogP contribution in [0.4, 0.5) is 0 Å². The topological polar surface area (TPSA) is 42.9 Å². The third-order valence-corrected chi connectivity index (χ3v) is 4.74. The lowest BCUT2D eigenvalue weighted by atomic mass is 9.99. The van der Waals surface area contributed by atoms with Crippen LogP contribution in [-0.4, -0.2) is 74.7 Å². The van der Waals surface area contributed by atoms with Gasteiger partial charge in [-0.25, -0.2) is 0 Å². The van der Waals surface area contributed by atoms with Crippen LogP contribution in [0.3, 0.4) is 0 Å². The van der Waals surface area contributed by atoms with E-state index >= 15 is 0 Å². The van der Waals surface area contributed by atoms with Crippen LogP contribution >= 0.6 is 24.0 Å². The molecule has 0 bridgehead atoms. The van der Waals surface area contributed by atoms with Gasteiger partial charge in [-0.3, -0.25) is 4.99 Å². The first-order valence-corrected chi connectivity index (χ1v) is 9.66. The number of piperidine rings is 1. The van der Waals surface area contributed by atoms with Gasteiger partial charge in [0.05, 0.1) is 0 Å². The number of nitrogens with zero attached hydrogens (tertiary/aromatic N) is 3. The standard InChI is InChI=1S/C18H39N5.HI/c1-5-19-18(21-12-16-22(6-2)7-3)20-11-8-13-23-14-9-17(4)10-15-23;/h17H,5-16H2,1-4H3,(H2,19,20,21);1H. The first-order chi connectivity index (χ1) is 11.2. The maximum absolute atomic E-state index is 4.71. The van der Waals surface area contributed by atoms with E-state index in [1.54, 1.807) is 0 Å². The maximum atomic E-state index is 4.71. The third-order valence-electron chi connectivity index (χ3n) is 4.74. The lowest BCUT2D eigenvalue weighted by Gasteiger charge is -2.29. The van der Waals surface area contributed by atoms with Gasteiger partial charge in [0.25, 0.3) is 0 Å². The number of likely N-dealkylation sites (tertiary alicyclic amines) is 1. The first-order valence-electron chi connectivity index (χ1n) is 9.66. The molecule has 144 valence electrons. The molecule has 5 nitrogen and oxygen atoms in total. The predicted molar refractivity (Wildman–Crippen MR) is 117 cm³/mol. The molecule has 0 atom stereocenters. The van der Waals surface area contributed by atoms with Crippen LogP contribution in [0.25, 0.3) is 0 Å². The molecule has 0 unspecified atom stereocenters. The van der Waals surface area contributed by atoms with E-state index in [-0.39, 0.29) is 24.0 Å². The van der Waals surface area contributed by atoms with Crippen molar-refractivity contribution in [1.29, 1.82) is 0 Å². The molecule has 1 fully saturated rings. The number of hydrogen-bond donors (Lipinski definition) is 2. The van der Waals surface area contributed by atoms with Crippen LogP contribution < -0.4 is 10.6 Å². The molecule has 1 heterocycles. The SMILES string of the molecule is CCNC(=NCCCN1CCC(C)CC1)NCCN(CC)CC.I. The summed E-state index contributed by atoms with van der Waals surface area (Å²) in [6.07, 6.45) is 3.87. The molecule has 0 aromatic rings. The third kappa shape index (κ3) is 10.7. The molecule has 1 rings (SSSR count). The second-order valence-electron chi connectivity index (χ2n) is 6.59. The van der Waals surface area contributed by atoms with E-state index in [1.165, 1.54) is 32.5 Å². The highest BCUT2D eigenvalue weighted by Gasteiger charge is 2.14. The Bertz CT molecular complexity index is 313. The lowest BCUT2D eigenvalue weighted by Crippen LogP contribution is -2.41. The Balaban J connectivity index is 0.00000529. The molecule has 0 amide bonds. The van der Waals surface area contributed by atoms with Gasteiger partial charge in [0.1, 0.15) is 0 Å². The Kier molecular flexibility index (Phi) is 15.1. The van der Waals surface area contributed by atoms with Gasteiger partial charge in [0.15, 0.2) is 5.96 Å². The van der Waals surface area contributed by atoms with Crippen molar-refractivity contribution in [1.82, 2.24) is 20.4 Å². The van der Waals surface area contributed by atoms with Crippen LogP contribution in [-0.2, 0) is 0 Å². The number of guanidine groups is 1. The summed E-state index contributed by atoms with van der Waals surface area (Å²) in [6.45, 7) is 18.7. The smallest absolute Gasteiger partial charge is 0.191 e. The highest BCUT2D eigenvalue weighted by Crippen LogP contribution is 2.15. The van der Waals surface area contributed by atoms with Gasteiger partial charge in [-0.05, 0) is 64.8 Å². The second kappa shape index (κ2) is 15.2. The summed E-state index contributed by atoms with van der Waals surface area (Å²) < 4.78 is 0. The number of hydrogen-bond acceptors (Lipinski definition) is 3. The van der Waals surface area contributed by atoms with E-state index in [0.29, 0.717) is 0 Å². The summed E-state index contributed by atoms with van der Waals surface area (Å²) in [7, 11) is 0. The molecular weight excluding hydrogens is 413 g/mol. The van der Waals surface area contributed by atoms with Gasteiger partial charge in [0.2, 0.25) is 0 Å². The Morgan fingerprint density at radius 3 is 2.38 bits per heavy atom. The minimum absolute atomic E-state index is 0. The predicted octanol–water partition coefficient (Wildman–Crippen LogP) is 2.62. The number of halogens is 1. The van der Waals surface area contributed by atoms with Crippen molar-refractivity contribution in [2.24, 2.45) is 10.9 Å². The van der Waals surface area contributed by atoms with E-state index in [0.717, 1.165) is 57.6 Å². The molecule has 0 saturated carbocycles. The van der Waals surface area contributed by atoms with Gasteiger partial charge < -0.3 is 20.4 Å². The van der Waals surface area contributed by atoms with Gasteiger partial charge in [-0.2, -0.15) is 0 Å². The largest absolute Gasteiger partial charge is 0.357 e. The van der Waals surface area contributed by atoms with Crippen molar-refractivity contribution in [2.75, 3.05) is 58.9 Å². The average molecular weight is 453 g/mol. The highest BCUT2D eigenvalue weighted by atomic mass is 127. The molecule has 2 N–H and O–H groups in total. The molecule has 0 aliphatic carbocycles. The minimum Gasteiger partial charge on any atom is -0.357 e. The van der Waals surface area contributed by atoms with Crippen LogP contribution in [0, 0.1) is 5.92 Å². The monoisotopic (exact) mass is 453 g/mol. The van der Waals surface area contributed by atoms with E-state index in [1.807, 2.05) is 0 Å². The molecule has 0 spiro atoms. The number of nitrogens with one attached hydrogen (secondary N) is 2. The lowest BCUT2D eigenvalue weighted by molar-refractivity contribution is 0.192. The Labute approximate surface area is 167 Å². The molecule has 1 aliphatic rings. The summed E-state index contributed by atoms with van der Waals surface area (Å²) >= 11 is 0. The first kappa shape index (κ1) is 23.9. The van der Waals surface area contributed by atoms with Crippen LogP contribution in [0.5, 0.6) is 0 Å². The van der Waals surface area contributed by atoms with Crippen molar-refractivity contribution < 1.29 is 0 Å². The van der Waals surface area contributed by atoms with Crippen LogP contribution in [0.1, 0.15) is 47.0 Å². The molecule has 1 aliphatic heterocycles. The van der Waals surface area contributed by atoms with Crippen molar-refractivity contribution >= 4 is 29.9 Å². The van der Waals surface area contributed by atoms with Crippen molar-refractivity contribution in [2.45, 2.75) is 47.0 Å². The fraction of sp³-hybridized carbons (Fsp3) is 0.944. The molecule has 0 aromatic heterocycles. The fourth-order valence-electron chi connectivity index (χ4n) is 2.98. The maximum Gasteiger partial charge on any atom is 0.191 e. The summed E-state index contributed by atoms with van der Waals surface area (Å²) in [6, 6.07) is 0. The van der Waals surface area contributed by atoms with Gasteiger partial charge >= 0.3 is 0 Å². The zero-order chi connectivity index (χ0) is 16.9. The normalized spacial score (nSPS) is 17.0. The molecule has 6 heteroatoms. The Morgan fingerprint density at radius 1 is 1.12 bits per heavy atom. The zero-order valence-electron chi connectivity index (χ0n) is 16.3. The minimum atomic E-state index is 0. The number of likely N-dealkylation sites (N-methyl/N-ethyl adjacent to an activating group) is 1. The van der Waals surface area contributed by atoms with E-state index in [4.69, 9.17) is 4.99 Å². The summed E-state index contributed by atoms with van der Waals surface area (Å²) in [5.41, 5.74) is 0. The highest BCUT2D eigenvalue weighted by molar-refractivity contribution is 14.0. The summed E-state index contributed by atoms with van der Waals surface area (Å²) in [4.78, 5) is 9.73. The van der Waals surface area contributed by atoms with Crippen LogP contribution in [0.15, 0.2) is 4.99 Å². The molecule has 0 aromatic carbocycles. The van der Waals surface area contributed by atoms with E-state index in [2.05, 4.69) is 48.1 Å². The van der Waals surface area contributed by atoms with E-state index in [9.17, 15) is 0 Å². The van der Waals surface area contributed by atoms with Gasteiger partial charge in [0, 0.05) is 26.2 Å². The zero-order valence-corrected chi connectivity index (χ0v) is 18.6. The number of aliphatic imine (C=N–C) groups is 1. The molecule has 0 radical (unpaired) electrons. The van der Waals surface area contributed by atoms with Crippen molar-refractivity contribution in [3.05, 3.63) is 0 Å². The van der Waals surface area contributed by atoms with E-state index < -0.39 is 0 Å². The Morgan fingerprint density at radius 2 is 1.79 bits per heavy atom. The fourth-order valence-corrected chi connectivity index (χ4v) is 2.98. The molecular formula is C18H40IN5. The summed E-state index contributed by atoms with van der Waals surface area (Å²) in [5, 5.41) is 6.79. The molecule has 1 saturated heterocycles. The second-order valence-corrected chi connectivity index (χ2v) is 6.59. The quantitative estimate of drug-likeness (QED) is 0.231. The van der Waals surface area contributed by atoms with Gasteiger partial charge in [-0.15, -0.1) is 24.0 Å². The number of rotatable bonds is 10. The van der Waals surface area contributed by atoms with Crippen molar-refractivity contribution in [3.8, 4) is 0 Å². The van der Waals surface area contributed by atoms with Gasteiger partial charge in [-0.1, -0.05) is 20.8 Å². The van der Waals surface area contributed by atoms with Crippen molar-refractivity contribution in [3.63, 3.8) is 0 Å². The Hall–Kier alpha value is -0.0800. The molecule has 24 heavy (non-hydrogen) atoms. The average Bonchev–Trinajstić information content (AvgIpc) is 2.57. The van der Waals surface area contributed by atoms with Crippen LogP contribution in [0.2, 0.25) is 0 Å².